The van der Waals surface area contributed by atoms with Crippen molar-refractivity contribution < 1.29 is 0 Å². The topological polar surface area (TPSA) is 0 Å². The second-order valence-electron chi connectivity index (χ2n) is 13.6. The van der Waals surface area contributed by atoms with Crippen LogP contribution in [0.5, 0.6) is 0 Å². The molecule has 0 aliphatic heterocycles. The third-order valence-corrected chi connectivity index (χ3v) is 9.39. The maximum Gasteiger partial charge on any atom is -0.0179 e. The van der Waals surface area contributed by atoms with Gasteiger partial charge in [-0.2, -0.15) is 0 Å². The van der Waals surface area contributed by atoms with Crippen molar-refractivity contribution in [3.05, 3.63) is 167 Å². The van der Waals surface area contributed by atoms with Gasteiger partial charge in [-0.05, 0) is 109 Å². The largest absolute Gasteiger partial charge is 0.0584 e. The number of rotatable bonds is 12. The molecule has 6 aromatic rings. The van der Waals surface area contributed by atoms with Crippen LogP contribution in [0.2, 0.25) is 0 Å². The fourth-order valence-electron chi connectivity index (χ4n) is 6.91. The molecule has 0 atom stereocenters. The molecular weight excluding hydrogens is 565 g/mol. The Morgan fingerprint density at radius 1 is 0.255 bits per heavy atom. The zero-order valence-corrected chi connectivity index (χ0v) is 28.7. The highest BCUT2D eigenvalue weighted by atomic mass is 14.1. The molecule has 0 aromatic heterocycles. The summed E-state index contributed by atoms with van der Waals surface area (Å²) in [5.74, 6) is 0. The molecule has 0 nitrogen and oxygen atoms in total. The lowest BCUT2D eigenvalue weighted by molar-refractivity contribution is 0.613. The van der Waals surface area contributed by atoms with Gasteiger partial charge < -0.3 is 0 Å². The predicted octanol–water partition coefficient (Wildman–Crippen LogP) is 13.3. The number of hydrogen-bond donors (Lipinski definition) is 0. The van der Waals surface area contributed by atoms with Gasteiger partial charge >= 0.3 is 0 Å². The smallest absolute Gasteiger partial charge is 0.0179 e. The van der Waals surface area contributed by atoms with E-state index in [9.17, 15) is 0 Å². The Hall–Kier alpha value is -4.68. The van der Waals surface area contributed by atoms with Gasteiger partial charge in [0.05, 0.1) is 0 Å². The lowest BCUT2D eigenvalue weighted by Gasteiger charge is -2.09. The third kappa shape index (κ3) is 8.78. The first-order chi connectivity index (χ1) is 22.9. The van der Waals surface area contributed by atoms with E-state index in [1.54, 1.807) is 0 Å². The summed E-state index contributed by atoms with van der Waals surface area (Å²) in [5, 5.41) is 0. The van der Waals surface area contributed by atoms with Crippen LogP contribution in [0, 0.1) is 27.7 Å². The molecule has 47 heavy (non-hydrogen) atoms. The van der Waals surface area contributed by atoms with E-state index in [2.05, 4.69) is 161 Å². The van der Waals surface area contributed by atoms with Gasteiger partial charge in [0, 0.05) is 0 Å². The van der Waals surface area contributed by atoms with Crippen molar-refractivity contribution in [2.45, 2.75) is 72.6 Å². The van der Waals surface area contributed by atoms with E-state index in [4.69, 9.17) is 0 Å². The van der Waals surface area contributed by atoms with E-state index < -0.39 is 0 Å². The van der Waals surface area contributed by atoms with Crippen molar-refractivity contribution in [1.82, 2.24) is 0 Å². The van der Waals surface area contributed by atoms with Crippen LogP contribution in [0.1, 0.15) is 65.5 Å². The van der Waals surface area contributed by atoms with E-state index in [0.717, 1.165) is 0 Å². The quantitative estimate of drug-likeness (QED) is 0.121. The molecule has 6 aromatic carbocycles. The molecule has 0 aliphatic carbocycles. The maximum absolute atomic E-state index is 2.32. The van der Waals surface area contributed by atoms with Gasteiger partial charge in [-0.25, -0.2) is 0 Å². The number of aryl methyl sites for hydroxylation is 6. The fourth-order valence-corrected chi connectivity index (χ4v) is 6.91. The third-order valence-electron chi connectivity index (χ3n) is 9.39. The van der Waals surface area contributed by atoms with Crippen molar-refractivity contribution in [2.75, 3.05) is 0 Å². The summed E-state index contributed by atoms with van der Waals surface area (Å²) in [6.45, 7) is 8.67. The Morgan fingerprint density at radius 2 is 0.489 bits per heavy atom. The molecule has 0 N–H and O–H groups in total. The number of hydrogen-bond acceptors (Lipinski definition) is 0. The Morgan fingerprint density at radius 3 is 0.787 bits per heavy atom. The number of unbranched alkanes of at least 4 members (excludes halogenated alkanes) is 4. The van der Waals surface area contributed by atoms with Crippen molar-refractivity contribution >= 4 is 0 Å². The predicted molar refractivity (Wildman–Crippen MR) is 204 cm³/mol. The van der Waals surface area contributed by atoms with Crippen LogP contribution in [0.25, 0.3) is 44.5 Å². The molecular formula is C47H48. The summed E-state index contributed by atoms with van der Waals surface area (Å²) < 4.78 is 0. The van der Waals surface area contributed by atoms with Crippen molar-refractivity contribution in [2.24, 2.45) is 0 Å². The minimum absolute atomic E-state index is 1.17. The van der Waals surface area contributed by atoms with E-state index in [1.165, 1.54) is 123 Å². The SMILES string of the molecule is Cc1cc(C)cc(-c2ccc(-c3ccc(CCCCCCCc4ccc(-c5ccc(-c6cc(C)cc(C)c6)cc5)cc4)cc3)cc2)c1. The average Bonchev–Trinajstić information content (AvgIpc) is 3.08. The normalized spacial score (nSPS) is 11.1. The maximum atomic E-state index is 2.32. The summed E-state index contributed by atoms with van der Waals surface area (Å²) >= 11 is 0. The molecule has 0 saturated carbocycles. The van der Waals surface area contributed by atoms with Crippen LogP contribution in [0.15, 0.2) is 133 Å². The second kappa shape index (κ2) is 15.3. The van der Waals surface area contributed by atoms with Crippen LogP contribution in [-0.2, 0) is 12.8 Å². The van der Waals surface area contributed by atoms with Gasteiger partial charge in [0.25, 0.3) is 0 Å². The molecule has 0 aliphatic rings. The molecule has 0 heterocycles. The molecule has 0 saturated heterocycles. The van der Waals surface area contributed by atoms with Crippen molar-refractivity contribution in [3.8, 4) is 44.5 Å². The summed E-state index contributed by atoms with van der Waals surface area (Å²) in [7, 11) is 0. The lowest BCUT2D eigenvalue weighted by atomic mass is 9.96. The standard InChI is InChI=1S/C47H48/c1-34-28-35(2)31-46(30-34)44-24-20-42(21-25-44)40-16-12-38(13-17-40)10-8-6-5-7-9-11-39-14-18-41(19-15-39)43-22-26-45(27-23-43)47-32-36(3)29-37(4)33-47/h12-33H,5-11H2,1-4H3. The monoisotopic (exact) mass is 612 g/mol. The second-order valence-corrected chi connectivity index (χ2v) is 13.6. The highest BCUT2D eigenvalue weighted by molar-refractivity contribution is 5.72. The molecule has 0 unspecified atom stereocenters. The van der Waals surface area contributed by atoms with E-state index >= 15 is 0 Å². The summed E-state index contributed by atoms with van der Waals surface area (Å²) in [4.78, 5) is 0. The van der Waals surface area contributed by atoms with Gasteiger partial charge in [0.2, 0.25) is 0 Å². The summed E-state index contributed by atoms with van der Waals surface area (Å²) in [5.41, 5.74) is 18.4. The molecule has 236 valence electrons. The Bertz CT molecular complexity index is 1700. The van der Waals surface area contributed by atoms with Crippen LogP contribution < -0.4 is 0 Å². The van der Waals surface area contributed by atoms with Crippen LogP contribution in [0.4, 0.5) is 0 Å². The highest BCUT2D eigenvalue weighted by Gasteiger charge is 2.05. The van der Waals surface area contributed by atoms with Crippen LogP contribution in [-0.4, -0.2) is 0 Å². The Kier molecular flexibility index (Phi) is 10.5. The average molecular weight is 613 g/mol. The summed E-state index contributed by atoms with van der Waals surface area (Å²) in [6, 6.07) is 49.9. The molecule has 0 fully saturated rings. The zero-order chi connectivity index (χ0) is 32.6. The van der Waals surface area contributed by atoms with E-state index in [0.29, 0.717) is 0 Å². The van der Waals surface area contributed by atoms with Gasteiger partial charge in [-0.15, -0.1) is 0 Å². The Labute approximate surface area is 283 Å². The molecule has 0 amide bonds. The highest BCUT2D eigenvalue weighted by Crippen LogP contribution is 2.28. The molecule has 0 spiro atoms. The van der Waals surface area contributed by atoms with E-state index in [1.807, 2.05) is 0 Å². The molecule has 6 rings (SSSR count). The van der Waals surface area contributed by atoms with Crippen LogP contribution >= 0.6 is 0 Å². The van der Waals surface area contributed by atoms with E-state index in [-0.39, 0.29) is 0 Å². The van der Waals surface area contributed by atoms with Gasteiger partial charge in [0.1, 0.15) is 0 Å². The lowest BCUT2D eigenvalue weighted by Crippen LogP contribution is -1.89. The van der Waals surface area contributed by atoms with Gasteiger partial charge in [-0.3, -0.25) is 0 Å². The molecule has 0 heteroatoms. The van der Waals surface area contributed by atoms with Gasteiger partial charge in [0.15, 0.2) is 0 Å². The van der Waals surface area contributed by atoms with Crippen LogP contribution in [0.3, 0.4) is 0 Å². The fraction of sp³-hybridized carbons (Fsp3) is 0.234. The first kappa shape index (κ1) is 32.3. The zero-order valence-electron chi connectivity index (χ0n) is 28.7. The van der Waals surface area contributed by atoms with Crippen molar-refractivity contribution in [1.29, 1.82) is 0 Å². The Balaban J connectivity index is 0.898. The molecule has 0 radical (unpaired) electrons. The first-order valence-corrected chi connectivity index (χ1v) is 17.5. The molecule has 0 bridgehead atoms. The summed E-state index contributed by atoms with van der Waals surface area (Å²) in [6.07, 6.45) is 8.78. The minimum Gasteiger partial charge on any atom is -0.0584 e. The van der Waals surface area contributed by atoms with Crippen molar-refractivity contribution in [3.63, 3.8) is 0 Å². The minimum atomic E-state index is 1.17. The number of benzene rings is 6. The first-order valence-electron chi connectivity index (χ1n) is 17.5. The van der Waals surface area contributed by atoms with Gasteiger partial charge in [-0.1, -0.05) is 175 Å².